The number of pyridine rings is 1. The first-order valence-electron chi connectivity index (χ1n) is 5.58. The maximum absolute atomic E-state index is 12.1. The van der Waals surface area contributed by atoms with Gasteiger partial charge in [0.1, 0.15) is 5.56 Å². The van der Waals surface area contributed by atoms with Gasteiger partial charge in [-0.3, -0.25) is 9.59 Å². The van der Waals surface area contributed by atoms with E-state index in [1.807, 2.05) is 13.8 Å². The largest absolute Gasteiger partial charge is 0.364 e. The highest BCUT2D eigenvalue weighted by Crippen LogP contribution is 2.02. The summed E-state index contributed by atoms with van der Waals surface area (Å²) in [6.45, 7) is 10.3. The van der Waals surface area contributed by atoms with Gasteiger partial charge in [-0.15, -0.1) is 0 Å². The van der Waals surface area contributed by atoms with Crippen LogP contribution in [0, 0.1) is 6.92 Å². The number of nitrogens with zero attached hydrogens (tertiary/aromatic N) is 1. The van der Waals surface area contributed by atoms with Gasteiger partial charge in [0.15, 0.2) is 5.43 Å². The average Bonchev–Trinajstić information content (AvgIpc) is 2.24. The SMILES string of the molecule is C=C(C)CN(CC)C(=O)c1c[nH]c(C)cc1=O. The monoisotopic (exact) mass is 234 g/mol. The lowest BCUT2D eigenvalue weighted by Gasteiger charge is -2.20. The number of carbonyl (C=O) groups excluding carboxylic acids is 1. The maximum Gasteiger partial charge on any atom is 0.259 e. The number of carbonyl (C=O) groups is 1. The van der Waals surface area contributed by atoms with Crippen molar-refractivity contribution < 1.29 is 4.79 Å². The minimum absolute atomic E-state index is 0.179. The second kappa shape index (κ2) is 5.48. The second-order valence-corrected chi connectivity index (χ2v) is 4.17. The molecule has 0 saturated carbocycles. The quantitative estimate of drug-likeness (QED) is 0.806. The number of aryl methyl sites for hydroxylation is 1. The Morgan fingerprint density at radius 2 is 2.18 bits per heavy atom. The van der Waals surface area contributed by atoms with Crippen molar-refractivity contribution in [2.45, 2.75) is 20.8 Å². The topological polar surface area (TPSA) is 53.2 Å². The molecular weight excluding hydrogens is 216 g/mol. The molecule has 0 aromatic carbocycles. The Bertz CT molecular complexity index is 488. The third kappa shape index (κ3) is 3.31. The van der Waals surface area contributed by atoms with Crippen LogP contribution in [0.3, 0.4) is 0 Å². The third-order valence-electron chi connectivity index (χ3n) is 2.42. The van der Waals surface area contributed by atoms with Gasteiger partial charge in [0.2, 0.25) is 0 Å². The van der Waals surface area contributed by atoms with Gasteiger partial charge in [-0.25, -0.2) is 0 Å². The fraction of sp³-hybridized carbons (Fsp3) is 0.385. The molecule has 1 amide bonds. The van der Waals surface area contributed by atoms with Gasteiger partial charge in [0.25, 0.3) is 5.91 Å². The lowest BCUT2D eigenvalue weighted by Crippen LogP contribution is -2.35. The molecule has 1 heterocycles. The molecule has 4 heteroatoms. The second-order valence-electron chi connectivity index (χ2n) is 4.17. The zero-order valence-corrected chi connectivity index (χ0v) is 10.5. The normalized spacial score (nSPS) is 10.1. The molecule has 0 aliphatic carbocycles. The van der Waals surface area contributed by atoms with Crippen LogP contribution >= 0.6 is 0 Å². The first-order valence-corrected chi connectivity index (χ1v) is 5.58. The van der Waals surface area contributed by atoms with Crippen LogP contribution in [-0.4, -0.2) is 28.9 Å². The summed E-state index contributed by atoms with van der Waals surface area (Å²) >= 11 is 0. The zero-order valence-electron chi connectivity index (χ0n) is 10.5. The molecule has 1 rings (SSSR count). The molecule has 1 N–H and O–H groups in total. The van der Waals surface area contributed by atoms with E-state index in [0.29, 0.717) is 13.1 Å². The number of aromatic amines is 1. The van der Waals surface area contributed by atoms with Crippen molar-refractivity contribution in [3.8, 4) is 0 Å². The van der Waals surface area contributed by atoms with E-state index in [9.17, 15) is 9.59 Å². The van der Waals surface area contributed by atoms with Gasteiger partial charge >= 0.3 is 0 Å². The first kappa shape index (κ1) is 13.2. The summed E-state index contributed by atoms with van der Waals surface area (Å²) in [7, 11) is 0. The van der Waals surface area contributed by atoms with Crippen molar-refractivity contribution in [2.24, 2.45) is 0 Å². The van der Waals surface area contributed by atoms with Crippen LogP contribution in [-0.2, 0) is 0 Å². The molecule has 0 bridgehead atoms. The number of amides is 1. The summed E-state index contributed by atoms with van der Waals surface area (Å²) in [6.07, 6.45) is 1.47. The van der Waals surface area contributed by atoms with Crippen LogP contribution in [0.25, 0.3) is 0 Å². The van der Waals surface area contributed by atoms with Crippen LogP contribution in [0.5, 0.6) is 0 Å². The molecule has 0 aliphatic rings. The summed E-state index contributed by atoms with van der Waals surface area (Å²) in [5, 5.41) is 0. The Kier molecular flexibility index (Phi) is 4.26. The maximum atomic E-state index is 12.1. The standard InChI is InChI=1S/C13H18N2O2/c1-5-15(8-9(2)3)13(17)11-7-14-10(4)6-12(11)16/h6-7H,2,5,8H2,1,3-4H3,(H,14,16). The van der Waals surface area contributed by atoms with Gasteiger partial charge in [-0.2, -0.15) is 0 Å². The van der Waals surface area contributed by atoms with E-state index in [2.05, 4.69) is 11.6 Å². The molecule has 1 aromatic rings. The lowest BCUT2D eigenvalue weighted by molar-refractivity contribution is 0.0776. The fourth-order valence-electron chi connectivity index (χ4n) is 1.56. The van der Waals surface area contributed by atoms with E-state index >= 15 is 0 Å². The van der Waals surface area contributed by atoms with Crippen LogP contribution in [0.4, 0.5) is 0 Å². The summed E-state index contributed by atoms with van der Waals surface area (Å²) in [4.78, 5) is 28.3. The Morgan fingerprint density at radius 1 is 1.53 bits per heavy atom. The van der Waals surface area contributed by atoms with Crippen LogP contribution in [0.2, 0.25) is 0 Å². The average molecular weight is 234 g/mol. The Morgan fingerprint density at radius 3 is 2.65 bits per heavy atom. The number of hydrogen-bond acceptors (Lipinski definition) is 2. The Balaban J connectivity index is 3.02. The van der Waals surface area contributed by atoms with Crippen molar-refractivity contribution in [3.63, 3.8) is 0 Å². The summed E-state index contributed by atoms with van der Waals surface area (Å²) in [5.74, 6) is -0.253. The smallest absolute Gasteiger partial charge is 0.259 e. The van der Waals surface area contributed by atoms with Crippen molar-refractivity contribution in [1.82, 2.24) is 9.88 Å². The highest BCUT2D eigenvalue weighted by Gasteiger charge is 2.16. The number of likely N-dealkylation sites (N-methyl/N-ethyl adjacent to an activating group) is 1. The molecule has 17 heavy (non-hydrogen) atoms. The Labute approximate surface area is 101 Å². The molecule has 1 aromatic heterocycles. The fourth-order valence-corrected chi connectivity index (χ4v) is 1.56. The number of rotatable bonds is 4. The van der Waals surface area contributed by atoms with Gasteiger partial charge in [0.05, 0.1) is 0 Å². The van der Waals surface area contributed by atoms with E-state index in [0.717, 1.165) is 11.3 Å². The van der Waals surface area contributed by atoms with E-state index in [4.69, 9.17) is 0 Å². The van der Waals surface area contributed by atoms with Gasteiger partial charge in [-0.05, 0) is 20.8 Å². The molecule has 4 nitrogen and oxygen atoms in total. The molecule has 0 saturated heterocycles. The number of nitrogens with one attached hydrogen (secondary N) is 1. The summed E-state index contributed by atoms with van der Waals surface area (Å²) in [6, 6.07) is 1.43. The zero-order chi connectivity index (χ0) is 13.0. The molecule has 0 spiro atoms. The number of aromatic nitrogens is 1. The van der Waals surface area contributed by atoms with Gasteiger partial charge in [0, 0.05) is 31.0 Å². The summed E-state index contributed by atoms with van der Waals surface area (Å²) < 4.78 is 0. The number of H-pyrrole nitrogens is 1. The highest BCUT2D eigenvalue weighted by molar-refractivity contribution is 5.93. The molecule has 0 aliphatic heterocycles. The molecule has 92 valence electrons. The van der Waals surface area contributed by atoms with Crippen molar-refractivity contribution in [3.05, 3.63) is 45.9 Å². The minimum atomic E-state index is -0.253. The Hall–Kier alpha value is -1.84. The molecule has 0 radical (unpaired) electrons. The number of hydrogen-bond donors (Lipinski definition) is 1. The van der Waals surface area contributed by atoms with Crippen molar-refractivity contribution in [2.75, 3.05) is 13.1 Å². The predicted octanol–water partition coefficient (Wildman–Crippen LogP) is 1.72. The van der Waals surface area contributed by atoms with E-state index in [1.165, 1.54) is 12.3 Å². The third-order valence-corrected chi connectivity index (χ3v) is 2.42. The molecule has 0 unspecified atom stereocenters. The van der Waals surface area contributed by atoms with Gasteiger partial charge in [-0.1, -0.05) is 12.2 Å². The van der Waals surface area contributed by atoms with Gasteiger partial charge < -0.3 is 9.88 Å². The van der Waals surface area contributed by atoms with E-state index in [1.54, 1.807) is 11.8 Å². The van der Waals surface area contributed by atoms with Crippen molar-refractivity contribution >= 4 is 5.91 Å². The minimum Gasteiger partial charge on any atom is -0.364 e. The molecule has 0 fully saturated rings. The van der Waals surface area contributed by atoms with Crippen LogP contribution < -0.4 is 5.43 Å². The van der Waals surface area contributed by atoms with Crippen LogP contribution in [0.15, 0.2) is 29.2 Å². The van der Waals surface area contributed by atoms with E-state index < -0.39 is 0 Å². The molecule has 0 atom stereocenters. The predicted molar refractivity (Wildman–Crippen MR) is 68.2 cm³/mol. The molecular formula is C13H18N2O2. The first-order chi connectivity index (χ1) is 7.95. The highest BCUT2D eigenvalue weighted by atomic mass is 16.2. The summed E-state index contributed by atoms with van der Waals surface area (Å²) in [5.41, 5.74) is 1.57. The lowest BCUT2D eigenvalue weighted by atomic mass is 10.2. The van der Waals surface area contributed by atoms with E-state index in [-0.39, 0.29) is 16.9 Å². The van der Waals surface area contributed by atoms with Crippen molar-refractivity contribution in [1.29, 1.82) is 0 Å². The van der Waals surface area contributed by atoms with Crippen LogP contribution in [0.1, 0.15) is 29.9 Å².